The van der Waals surface area contributed by atoms with Gasteiger partial charge in [-0.15, -0.1) is 12.4 Å². The van der Waals surface area contributed by atoms with Gasteiger partial charge in [0.2, 0.25) is 0 Å². The number of hydrogen-bond acceptors (Lipinski definition) is 4. The van der Waals surface area contributed by atoms with Crippen molar-refractivity contribution < 1.29 is 14.3 Å². The number of ether oxygens (including phenoxy) is 2. The molecule has 1 aromatic rings. The number of aryl methyl sites for hydroxylation is 1. The summed E-state index contributed by atoms with van der Waals surface area (Å²) in [5.74, 6) is 1.31. The molecular weight excluding hydrogens is 328 g/mol. The Labute approximate surface area is 150 Å². The largest absolute Gasteiger partial charge is 0.493 e. The fourth-order valence-electron chi connectivity index (χ4n) is 3.68. The molecule has 1 N–H and O–H groups in total. The molecule has 2 aliphatic rings. The van der Waals surface area contributed by atoms with Gasteiger partial charge in [-0.05, 0) is 50.3 Å². The minimum absolute atomic E-state index is 0. The number of nitrogens with one attached hydrogen (secondary N) is 1. The van der Waals surface area contributed by atoms with Gasteiger partial charge in [0.25, 0.3) is 5.91 Å². The lowest BCUT2D eigenvalue weighted by molar-refractivity contribution is -0.134. The minimum Gasteiger partial charge on any atom is -0.493 e. The van der Waals surface area contributed by atoms with Crippen LogP contribution < -0.4 is 14.8 Å². The second-order valence-corrected chi connectivity index (χ2v) is 6.71. The number of hydrogen-bond donors (Lipinski definition) is 1. The van der Waals surface area contributed by atoms with Crippen LogP contribution in [0.5, 0.6) is 11.5 Å². The summed E-state index contributed by atoms with van der Waals surface area (Å²) in [4.78, 5) is 14.3. The molecule has 2 atom stereocenters. The monoisotopic (exact) mass is 354 g/mol. The molecule has 2 saturated heterocycles. The molecule has 0 aliphatic carbocycles. The summed E-state index contributed by atoms with van der Waals surface area (Å²) < 4.78 is 11.0. The molecule has 2 bridgehead atoms. The number of fused-ring (bicyclic) bond motifs is 2. The van der Waals surface area contributed by atoms with E-state index in [0.717, 1.165) is 18.4 Å². The van der Waals surface area contributed by atoms with Crippen LogP contribution in [0.4, 0.5) is 0 Å². The van der Waals surface area contributed by atoms with E-state index >= 15 is 0 Å². The number of piperidine rings is 1. The van der Waals surface area contributed by atoms with Crippen molar-refractivity contribution in [3.63, 3.8) is 0 Å². The van der Waals surface area contributed by atoms with Gasteiger partial charge in [0, 0.05) is 25.2 Å². The van der Waals surface area contributed by atoms with Crippen LogP contribution in [0.3, 0.4) is 0 Å². The maximum atomic E-state index is 12.5. The standard InChI is InChI=1S/C18H26N2O3.ClH/c1-12-4-7-16(17(8-12)22-3)23-11-18(21)20(2)15-9-13-5-6-14(10-15)19-13;/h4,7-8,13-15,19H,5-6,9-11H2,1-3H3;1H. The zero-order valence-electron chi connectivity index (χ0n) is 14.6. The van der Waals surface area contributed by atoms with Crippen LogP contribution >= 0.6 is 12.4 Å². The summed E-state index contributed by atoms with van der Waals surface area (Å²) in [6.07, 6.45) is 4.57. The summed E-state index contributed by atoms with van der Waals surface area (Å²) in [6.45, 7) is 2.05. The summed E-state index contributed by atoms with van der Waals surface area (Å²) in [7, 11) is 3.51. The molecule has 0 aromatic heterocycles. The zero-order valence-corrected chi connectivity index (χ0v) is 15.4. The maximum absolute atomic E-state index is 12.5. The highest BCUT2D eigenvalue weighted by Crippen LogP contribution is 2.30. The highest BCUT2D eigenvalue weighted by Gasteiger charge is 2.36. The van der Waals surface area contributed by atoms with Crippen molar-refractivity contribution in [2.24, 2.45) is 0 Å². The van der Waals surface area contributed by atoms with Crippen molar-refractivity contribution in [1.82, 2.24) is 10.2 Å². The van der Waals surface area contributed by atoms with Crippen LogP contribution in [0, 0.1) is 6.92 Å². The third-order valence-electron chi connectivity index (χ3n) is 5.06. The first-order valence-corrected chi connectivity index (χ1v) is 8.36. The summed E-state index contributed by atoms with van der Waals surface area (Å²) >= 11 is 0. The maximum Gasteiger partial charge on any atom is 0.260 e. The molecule has 2 fully saturated rings. The lowest BCUT2D eigenvalue weighted by Crippen LogP contribution is -2.49. The van der Waals surface area contributed by atoms with Crippen LogP contribution in [0.1, 0.15) is 31.2 Å². The number of rotatable bonds is 5. The second kappa shape index (κ2) is 8.08. The Bertz CT molecular complexity index is 569. The molecule has 24 heavy (non-hydrogen) atoms. The quantitative estimate of drug-likeness (QED) is 0.882. The van der Waals surface area contributed by atoms with Crippen LogP contribution in [0.15, 0.2) is 18.2 Å². The van der Waals surface area contributed by atoms with E-state index in [0.29, 0.717) is 29.6 Å². The number of nitrogens with zero attached hydrogens (tertiary/aromatic N) is 1. The molecule has 2 aliphatic heterocycles. The molecule has 3 rings (SSSR count). The molecule has 2 unspecified atom stereocenters. The van der Waals surface area contributed by atoms with Crippen LogP contribution in [0.25, 0.3) is 0 Å². The fraction of sp³-hybridized carbons (Fsp3) is 0.611. The third kappa shape index (κ3) is 4.14. The van der Waals surface area contributed by atoms with Gasteiger partial charge in [0.1, 0.15) is 0 Å². The smallest absolute Gasteiger partial charge is 0.260 e. The normalized spacial score (nSPS) is 24.9. The van der Waals surface area contributed by atoms with Gasteiger partial charge in [0.15, 0.2) is 18.1 Å². The Hall–Kier alpha value is -1.46. The molecule has 2 heterocycles. The number of halogens is 1. The first-order valence-electron chi connectivity index (χ1n) is 8.36. The van der Waals surface area contributed by atoms with E-state index in [4.69, 9.17) is 9.47 Å². The van der Waals surface area contributed by atoms with Gasteiger partial charge in [-0.1, -0.05) is 6.07 Å². The van der Waals surface area contributed by atoms with Crippen molar-refractivity contribution in [3.8, 4) is 11.5 Å². The van der Waals surface area contributed by atoms with Crippen molar-refractivity contribution in [3.05, 3.63) is 23.8 Å². The molecule has 134 valence electrons. The SMILES string of the molecule is COc1cc(C)ccc1OCC(=O)N(C)C1CC2CCC(C1)N2.Cl. The van der Waals surface area contributed by atoms with E-state index in [-0.39, 0.29) is 24.9 Å². The van der Waals surface area contributed by atoms with E-state index in [1.54, 1.807) is 7.11 Å². The van der Waals surface area contributed by atoms with Gasteiger partial charge in [0.05, 0.1) is 7.11 Å². The topological polar surface area (TPSA) is 50.8 Å². The lowest BCUT2D eigenvalue weighted by Gasteiger charge is -2.35. The Balaban J connectivity index is 0.00000208. The van der Waals surface area contributed by atoms with E-state index < -0.39 is 0 Å². The third-order valence-corrected chi connectivity index (χ3v) is 5.06. The average molecular weight is 355 g/mol. The molecule has 6 heteroatoms. The number of carbonyl (C=O) groups excluding carboxylic acids is 1. The second-order valence-electron chi connectivity index (χ2n) is 6.71. The molecule has 1 aromatic carbocycles. The van der Waals surface area contributed by atoms with E-state index in [2.05, 4.69) is 5.32 Å². The van der Waals surface area contributed by atoms with E-state index in [9.17, 15) is 4.79 Å². The number of carbonyl (C=O) groups is 1. The van der Waals surface area contributed by atoms with Crippen molar-refractivity contribution >= 4 is 18.3 Å². The first-order chi connectivity index (χ1) is 11.1. The molecular formula is C18H27ClN2O3. The van der Waals surface area contributed by atoms with Gasteiger partial charge in [-0.25, -0.2) is 0 Å². The number of amides is 1. The highest BCUT2D eigenvalue weighted by molar-refractivity contribution is 5.85. The van der Waals surface area contributed by atoms with Gasteiger partial charge < -0.3 is 19.7 Å². The number of benzene rings is 1. The Morgan fingerprint density at radius 1 is 1.25 bits per heavy atom. The predicted octanol–water partition coefficient (Wildman–Crippen LogP) is 2.55. The summed E-state index contributed by atoms with van der Waals surface area (Å²) in [5, 5.41) is 3.61. The van der Waals surface area contributed by atoms with Gasteiger partial charge in [-0.2, -0.15) is 0 Å². The fourth-order valence-corrected chi connectivity index (χ4v) is 3.68. The average Bonchev–Trinajstić information content (AvgIpc) is 2.90. The molecule has 0 spiro atoms. The Kier molecular flexibility index (Phi) is 6.35. The van der Waals surface area contributed by atoms with Crippen LogP contribution in [0.2, 0.25) is 0 Å². The predicted molar refractivity (Wildman–Crippen MR) is 96.2 cm³/mol. The summed E-state index contributed by atoms with van der Waals surface area (Å²) in [6, 6.07) is 7.19. The highest BCUT2D eigenvalue weighted by atomic mass is 35.5. The van der Waals surface area contributed by atoms with Crippen LogP contribution in [-0.2, 0) is 4.79 Å². The Morgan fingerprint density at radius 3 is 2.54 bits per heavy atom. The van der Waals surface area contributed by atoms with Crippen LogP contribution in [-0.4, -0.2) is 49.7 Å². The molecule has 0 radical (unpaired) electrons. The zero-order chi connectivity index (χ0) is 16.4. The molecule has 0 saturated carbocycles. The number of likely N-dealkylation sites (N-methyl/N-ethyl adjacent to an activating group) is 1. The first kappa shape index (κ1) is 18.9. The minimum atomic E-state index is 0. The van der Waals surface area contributed by atoms with Gasteiger partial charge >= 0.3 is 0 Å². The van der Waals surface area contributed by atoms with Crippen molar-refractivity contribution in [1.29, 1.82) is 0 Å². The number of methoxy groups -OCH3 is 1. The Morgan fingerprint density at radius 2 is 1.92 bits per heavy atom. The van der Waals surface area contributed by atoms with E-state index in [1.807, 2.05) is 37.1 Å². The molecule has 1 amide bonds. The van der Waals surface area contributed by atoms with Crippen molar-refractivity contribution in [2.45, 2.75) is 50.7 Å². The lowest BCUT2D eigenvalue weighted by atomic mass is 9.98. The van der Waals surface area contributed by atoms with Crippen molar-refractivity contribution in [2.75, 3.05) is 20.8 Å². The summed E-state index contributed by atoms with van der Waals surface area (Å²) in [5.41, 5.74) is 1.10. The van der Waals surface area contributed by atoms with E-state index in [1.165, 1.54) is 12.8 Å². The molecule has 5 nitrogen and oxygen atoms in total. The van der Waals surface area contributed by atoms with Gasteiger partial charge in [-0.3, -0.25) is 4.79 Å².